The molecule has 1 rings (SSSR count). The van der Waals surface area contributed by atoms with Gasteiger partial charge in [-0.05, 0) is 37.8 Å². The van der Waals surface area contributed by atoms with E-state index in [2.05, 4.69) is 48.9 Å². The molecule has 0 saturated heterocycles. The molecule has 0 saturated carbocycles. The first-order chi connectivity index (χ1) is 8.19. The van der Waals surface area contributed by atoms with Crippen LogP contribution in [0.5, 0.6) is 0 Å². The van der Waals surface area contributed by atoms with E-state index in [1.807, 2.05) is 6.20 Å². The summed E-state index contributed by atoms with van der Waals surface area (Å²) in [5.74, 6) is 0.703. The van der Waals surface area contributed by atoms with Crippen LogP contribution in [0.15, 0.2) is 12.3 Å². The maximum Gasteiger partial charge on any atom is 0.0553 e. The van der Waals surface area contributed by atoms with E-state index in [1.165, 1.54) is 18.5 Å². The molecule has 0 bridgehead atoms. The first-order valence-corrected chi connectivity index (χ1v) is 6.94. The Kier molecular flexibility index (Phi) is 6.27. The van der Waals surface area contributed by atoms with Gasteiger partial charge in [-0.3, -0.25) is 4.68 Å². The lowest BCUT2D eigenvalue weighted by molar-refractivity contribution is 0.400. The number of hydrogen-bond acceptors (Lipinski definition) is 2. The molecule has 1 N–H and O–H groups in total. The Hall–Kier alpha value is -0.830. The summed E-state index contributed by atoms with van der Waals surface area (Å²) in [6, 6.07) is 2.61. The largest absolute Gasteiger partial charge is 0.309 e. The summed E-state index contributed by atoms with van der Waals surface area (Å²) in [5, 5.41) is 8.06. The van der Waals surface area contributed by atoms with Crippen LogP contribution in [-0.2, 0) is 6.54 Å². The second-order valence-corrected chi connectivity index (χ2v) is 5.12. The Balaban J connectivity index is 2.75. The van der Waals surface area contributed by atoms with E-state index < -0.39 is 0 Å². The maximum absolute atomic E-state index is 4.42. The van der Waals surface area contributed by atoms with Gasteiger partial charge < -0.3 is 5.32 Å². The summed E-state index contributed by atoms with van der Waals surface area (Å²) in [6.45, 7) is 11.1. The number of rotatable bonds is 8. The third-order valence-corrected chi connectivity index (χ3v) is 2.89. The third kappa shape index (κ3) is 4.50. The van der Waals surface area contributed by atoms with E-state index in [9.17, 15) is 0 Å². The third-order valence-electron chi connectivity index (χ3n) is 2.89. The predicted molar refractivity (Wildman–Crippen MR) is 73.0 cm³/mol. The summed E-state index contributed by atoms with van der Waals surface area (Å²) >= 11 is 0. The first-order valence-electron chi connectivity index (χ1n) is 6.94. The number of aromatic nitrogens is 2. The van der Waals surface area contributed by atoms with Crippen LogP contribution < -0.4 is 5.32 Å². The van der Waals surface area contributed by atoms with Crippen molar-refractivity contribution in [3.63, 3.8) is 0 Å². The highest BCUT2D eigenvalue weighted by Gasteiger charge is 2.16. The monoisotopic (exact) mass is 237 g/mol. The van der Waals surface area contributed by atoms with Gasteiger partial charge in [-0.15, -0.1) is 0 Å². The maximum atomic E-state index is 4.42. The van der Waals surface area contributed by atoms with Crippen molar-refractivity contribution in [3.8, 4) is 0 Å². The molecule has 1 atom stereocenters. The van der Waals surface area contributed by atoms with E-state index >= 15 is 0 Å². The smallest absolute Gasteiger partial charge is 0.0553 e. The topological polar surface area (TPSA) is 29.9 Å². The average molecular weight is 237 g/mol. The van der Waals surface area contributed by atoms with Gasteiger partial charge in [0.1, 0.15) is 0 Å². The van der Waals surface area contributed by atoms with Crippen LogP contribution in [0.4, 0.5) is 0 Å². The normalized spacial score (nSPS) is 13.2. The molecule has 17 heavy (non-hydrogen) atoms. The van der Waals surface area contributed by atoms with Gasteiger partial charge in [0.25, 0.3) is 0 Å². The van der Waals surface area contributed by atoms with Crippen LogP contribution in [0, 0.1) is 5.92 Å². The van der Waals surface area contributed by atoms with Crippen molar-refractivity contribution >= 4 is 0 Å². The Bertz CT molecular complexity index is 304. The molecular weight excluding hydrogens is 210 g/mol. The Morgan fingerprint density at radius 1 is 1.29 bits per heavy atom. The van der Waals surface area contributed by atoms with E-state index in [0.29, 0.717) is 12.0 Å². The van der Waals surface area contributed by atoms with E-state index in [-0.39, 0.29) is 0 Å². The molecule has 0 spiro atoms. The van der Waals surface area contributed by atoms with Crippen LogP contribution >= 0.6 is 0 Å². The molecule has 0 aromatic carbocycles. The second-order valence-electron chi connectivity index (χ2n) is 5.12. The van der Waals surface area contributed by atoms with Gasteiger partial charge in [0, 0.05) is 18.8 Å². The molecule has 1 aromatic rings. The lowest BCUT2D eigenvalue weighted by Crippen LogP contribution is -2.26. The highest BCUT2D eigenvalue weighted by atomic mass is 15.3. The summed E-state index contributed by atoms with van der Waals surface area (Å²) in [4.78, 5) is 0. The van der Waals surface area contributed by atoms with Crippen LogP contribution in [-0.4, -0.2) is 16.3 Å². The Morgan fingerprint density at radius 2 is 2.06 bits per heavy atom. The van der Waals surface area contributed by atoms with Crippen molar-refractivity contribution in [1.29, 1.82) is 0 Å². The lowest BCUT2D eigenvalue weighted by atomic mass is 10.0. The van der Waals surface area contributed by atoms with Crippen molar-refractivity contribution in [2.45, 2.75) is 59.5 Å². The summed E-state index contributed by atoms with van der Waals surface area (Å²) in [6.07, 6.45) is 5.41. The van der Waals surface area contributed by atoms with Crippen molar-refractivity contribution in [2.24, 2.45) is 5.92 Å². The van der Waals surface area contributed by atoms with Crippen LogP contribution in [0.3, 0.4) is 0 Å². The number of nitrogens with zero attached hydrogens (tertiary/aromatic N) is 2. The summed E-state index contributed by atoms with van der Waals surface area (Å²) < 4.78 is 2.15. The highest BCUT2D eigenvalue weighted by Crippen LogP contribution is 2.21. The van der Waals surface area contributed by atoms with E-state index in [1.54, 1.807) is 0 Å². The van der Waals surface area contributed by atoms with Gasteiger partial charge in [-0.1, -0.05) is 27.7 Å². The van der Waals surface area contributed by atoms with Crippen LogP contribution in [0.2, 0.25) is 0 Å². The standard InChI is InChI=1S/C14H27N3/c1-5-8-15-13(11-12(3)4)14-7-9-16-17(14)10-6-2/h7,9,12-13,15H,5-6,8,10-11H2,1-4H3. The van der Waals surface area contributed by atoms with Gasteiger partial charge in [0.05, 0.1) is 5.69 Å². The minimum Gasteiger partial charge on any atom is -0.309 e. The van der Waals surface area contributed by atoms with Crippen molar-refractivity contribution in [2.75, 3.05) is 6.54 Å². The zero-order valence-corrected chi connectivity index (χ0v) is 11.7. The lowest BCUT2D eigenvalue weighted by Gasteiger charge is -2.21. The molecule has 3 heteroatoms. The fourth-order valence-electron chi connectivity index (χ4n) is 2.14. The molecule has 0 radical (unpaired) electrons. The predicted octanol–water partition coefficient (Wildman–Crippen LogP) is 3.38. The molecular formula is C14H27N3. The van der Waals surface area contributed by atoms with Gasteiger partial charge in [-0.25, -0.2) is 0 Å². The number of aryl methyl sites for hydroxylation is 1. The zero-order valence-electron chi connectivity index (χ0n) is 11.7. The fraction of sp³-hybridized carbons (Fsp3) is 0.786. The van der Waals surface area contributed by atoms with Gasteiger partial charge in [0.2, 0.25) is 0 Å². The van der Waals surface area contributed by atoms with Crippen molar-refractivity contribution in [3.05, 3.63) is 18.0 Å². The van der Waals surface area contributed by atoms with Gasteiger partial charge >= 0.3 is 0 Å². The zero-order chi connectivity index (χ0) is 12.7. The molecule has 0 fully saturated rings. The molecule has 0 aliphatic rings. The molecule has 0 aliphatic heterocycles. The number of nitrogens with one attached hydrogen (secondary N) is 1. The molecule has 1 aromatic heterocycles. The first kappa shape index (κ1) is 14.2. The number of hydrogen-bond donors (Lipinski definition) is 1. The Morgan fingerprint density at radius 3 is 2.65 bits per heavy atom. The van der Waals surface area contributed by atoms with Crippen molar-refractivity contribution < 1.29 is 0 Å². The summed E-state index contributed by atoms with van der Waals surface area (Å²) in [5.41, 5.74) is 1.34. The molecule has 1 heterocycles. The highest BCUT2D eigenvalue weighted by molar-refractivity contribution is 5.07. The minimum atomic E-state index is 0.448. The van der Waals surface area contributed by atoms with Crippen molar-refractivity contribution in [1.82, 2.24) is 15.1 Å². The minimum absolute atomic E-state index is 0.448. The molecule has 3 nitrogen and oxygen atoms in total. The second kappa shape index (κ2) is 7.49. The van der Waals surface area contributed by atoms with Gasteiger partial charge in [0.15, 0.2) is 0 Å². The van der Waals surface area contributed by atoms with E-state index in [0.717, 1.165) is 19.5 Å². The van der Waals surface area contributed by atoms with E-state index in [4.69, 9.17) is 0 Å². The quantitative estimate of drug-likeness (QED) is 0.751. The average Bonchev–Trinajstić information content (AvgIpc) is 2.72. The molecule has 0 aliphatic carbocycles. The molecule has 1 unspecified atom stereocenters. The SMILES string of the molecule is CCCNC(CC(C)C)c1ccnn1CCC. The van der Waals surface area contributed by atoms with Crippen LogP contribution in [0.25, 0.3) is 0 Å². The van der Waals surface area contributed by atoms with Crippen LogP contribution in [0.1, 0.15) is 58.7 Å². The Labute approximate surface area is 106 Å². The molecule has 0 amide bonds. The van der Waals surface area contributed by atoms with Gasteiger partial charge in [-0.2, -0.15) is 5.10 Å². The molecule has 98 valence electrons. The summed E-state index contributed by atoms with van der Waals surface area (Å²) in [7, 11) is 0. The fourth-order valence-corrected chi connectivity index (χ4v) is 2.14.